The second kappa shape index (κ2) is 7.12. The number of hydrogen-bond donors (Lipinski definition) is 1. The first-order valence-electron chi connectivity index (χ1n) is 9.00. The Labute approximate surface area is 163 Å². The molecule has 1 heterocycles. The van der Waals surface area contributed by atoms with Gasteiger partial charge in [-0.25, -0.2) is 9.18 Å². The molecule has 0 bridgehead atoms. The van der Waals surface area contributed by atoms with Crippen LogP contribution in [-0.4, -0.2) is 18.4 Å². The topological polar surface area (TPSA) is 55.4 Å². The van der Waals surface area contributed by atoms with Crippen molar-refractivity contribution in [1.29, 1.82) is 0 Å². The second-order valence-electron chi connectivity index (χ2n) is 7.82. The zero-order chi connectivity index (χ0) is 19.9. The number of halogens is 2. The molecule has 144 valence electrons. The number of esters is 1. The summed E-state index contributed by atoms with van der Waals surface area (Å²) in [6, 6.07) is 4.19. The van der Waals surface area contributed by atoms with Crippen LogP contribution in [-0.2, 0) is 14.3 Å². The third-order valence-corrected chi connectivity index (χ3v) is 5.24. The van der Waals surface area contributed by atoms with Crippen LogP contribution in [0.15, 0.2) is 40.7 Å². The summed E-state index contributed by atoms with van der Waals surface area (Å²) >= 11 is 6.10. The monoisotopic (exact) mass is 391 g/mol. The lowest BCUT2D eigenvalue weighted by Gasteiger charge is -2.39. The Bertz CT molecular complexity index is 885. The number of carbonyl (C=O) groups excluding carboxylic acids is 2. The molecule has 1 aliphatic heterocycles. The van der Waals surface area contributed by atoms with Crippen LogP contribution in [0.5, 0.6) is 0 Å². The molecule has 1 aromatic carbocycles. The van der Waals surface area contributed by atoms with Crippen LogP contribution < -0.4 is 5.32 Å². The van der Waals surface area contributed by atoms with Crippen molar-refractivity contribution < 1.29 is 18.7 Å². The van der Waals surface area contributed by atoms with Gasteiger partial charge in [0.1, 0.15) is 5.82 Å². The molecule has 0 amide bonds. The first-order chi connectivity index (χ1) is 12.6. The minimum Gasteiger partial charge on any atom is -0.463 e. The third-order valence-electron chi connectivity index (χ3n) is 5.00. The summed E-state index contributed by atoms with van der Waals surface area (Å²) in [5.41, 5.74) is 2.01. The molecule has 0 radical (unpaired) electrons. The normalized spacial score (nSPS) is 21.7. The lowest BCUT2D eigenvalue weighted by atomic mass is 9.68. The lowest BCUT2D eigenvalue weighted by molar-refractivity contribution is -0.138. The molecule has 1 aliphatic carbocycles. The van der Waals surface area contributed by atoms with Gasteiger partial charge in [0.2, 0.25) is 0 Å². The van der Waals surface area contributed by atoms with Gasteiger partial charge in [0.25, 0.3) is 0 Å². The third kappa shape index (κ3) is 3.65. The van der Waals surface area contributed by atoms with Crippen LogP contribution in [0.1, 0.15) is 52.0 Å². The molecule has 0 unspecified atom stereocenters. The molecular formula is C21H23ClFNO3. The number of carbonyl (C=O) groups is 2. The highest BCUT2D eigenvalue weighted by Crippen LogP contribution is 2.47. The number of benzene rings is 1. The highest BCUT2D eigenvalue weighted by molar-refractivity contribution is 6.30. The maximum Gasteiger partial charge on any atom is 0.336 e. The molecule has 0 saturated carbocycles. The van der Waals surface area contributed by atoms with E-state index in [1.54, 1.807) is 13.8 Å². The van der Waals surface area contributed by atoms with Crippen LogP contribution in [0.25, 0.3) is 0 Å². The zero-order valence-electron chi connectivity index (χ0n) is 15.9. The van der Waals surface area contributed by atoms with Crippen molar-refractivity contribution in [2.45, 2.75) is 46.5 Å². The van der Waals surface area contributed by atoms with Crippen molar-refractivity contribution in [1.82, 2.24) is 5.32 Å². The predicted molar refractivity (Wildman–Crippen MR) is 102 cm³/mol. The quantitative estimate of drug-likeness (QED) is 0.762. The zero-order valence-corrected chi connectivity index (χ0v) is 16.7. The van der Waals surface area contributed by atoms with Crippen LogP contribution in [0.4, 0.5) is 4.39 Å². The number of allylic oxidation sites excluding steroid dienone is 3. The Morgan fingerprint density at radius 3 is 2.74 bits per heavy atom. The van der Waals surface area contributed by atoms with E-state index in [9.17, 15) is 14.0 Å². The number of hydrogen-bond acceptors (Lipinski definition) is 4. The molecule has 4 nitrogen and oxygen atoms in total. The van der Waals surface area contributed by atoms with Gasteiger partial charge in [-0.15, -0.1) is 0 Å². The Morgan fingerprint density at radius 1 is 1.37 bits per heavy atom. The van der Waals surface area contributed by atoms with Gasteiger partial charge < -0.3 is 10.1 Å². The van der Waals surface area contributed by atoms with Crippen molar-refractivity contribution in [3.05, 3.63) is 57.1 Å². The maximum atomic E-state index is 14.8. The fourth-order valence-corrected chi connectivity index (χ4v) is 4.14. The van der Waals surface area contributed by atoms with Crippen LogP contribution in [0.3, 0.4) is 0 Å². The van der Waals surface area contributed by atoms with Crippen LogP contribution >= 0.6 is 11.6 Å². The van der Waals surface area contributed by atoms with E-state index in [1.165, 1.54) is 18.2 Å². The number of Topliss-reactive ketones (excluding diaryl/α,β-unsaturated/α-hetero) is 1. The summed E-state index contributed by atoms with van der Waals surface area (Å²) in [5, 5.41) is 3.55. The summed E-state index contributed by atoms with van der Waals surface area (Å²) in [4.78, 5) is 25.7. The van der Waals surface area contributed by atoms with Gasteiger partial charge in [0, 0.05) is 34.0 Å². The fraction of sp³-hybridized carbons (Fsp3) is 0.429. The molecule has 0 fully saturated rings. The minimum atomic E-state index is -0.831. The average Bonchev–Trinajstić information content (AvgIpc) is 2.54. The van der Waals surface area contributed by atoms with Crippen molar-refractivity contribution in [3.63, 3.8) is 0 Å². The van der Waals surface area contributed by atoms with Gasteiger partial charge in [-0.05, 0) is 43.9 Å². The summed E-state index contributed by atoms with van der Waals surface area (Å²) in [7, 11) is 0. The molecule has 0 spiro atoms. The molecule has 2 aliphatic rings. The van der Waals surface area contributed by atoms with E-state index in [-0.39, 0.29) is 28.9 Å². The predicted octanol–water partition coefficient (Wildman–Crippen LogP) is 4.65. The second-order valence-corrected chi connectivity index (χ2v) is 8.25. The van der Waals surface area contributed by atoms with Gasteiger partial charge in [-0.3, -0.25) is 4.79 Å². The highest BCUT2D eigenvalue weighted by atomic mass is 35.5. The summed E-state index contributed by atoms with van der Waals surface area (Å²) in [5.74, 6) is -1.99. The van der Waals surface area contributed by atoms with Gasteiger partial charge in [-0.2, -0.15) is 0 Å². The highest BCUT2D eigenvalue weighted by Gasteiger charge is 2.43. The minimum absolute atomic E-state index is 0.0903. The number of nitrogens with one attached hydrogen (secondary N) is 1. The first kappa shape index (κ1) is 19.6. The van der Waals surface area contributed by atoms with Gasteiger partial charge in [0.15, 0.2) is 5.78 Å². The summed E-state index contributed by atoms with van der Waals surface area (Å²) < 4.78 is 20.0. The number of dihydropyridines is 1. The van der Waals surface area contributed by atoms with Crippen molar-refractivity contribution >= 4 is 23.4 Å². The number of ether oxygens (including phenoxy) is 1. The standard InChI is InChI=1S/C21H23ClFNO3/c1-5-27-20(26)17-11(2)24-15-9-21(3,4)10-16(25)19(15)18(17)13-8-12(22)6-7-14(13)23/h6-8,18,24H,5,9-10H2,1-4H3/t18-/m0/s1. The average molecular weight is 392 g/mol. The molecule has 1 atom stereocenters. The Balaban J connectivity index is 2.24. The largest absolute Gasteiger partial charge is 0.463 e. The molecule has 0 saturated heterocycles. The van der Waals surface area contributed by atoms with Gasteiger partial charge in [0.05, 0.1) is 18.1 Å². The lowest BCUT2D eigenvalue weighted by Crippen LogP contribution is -2.39. The molecule has 0 aromatic heterocycles. The molecule has 3 rings (SSSR count). The smallest absolute Gasteiger partial charge is 0.336 e. The van der Waals surface area contributed by atoms with Crippen molar-refractivity contribution in [2.75, 3.05) is 6.61 Å². The van der Waals surface area contributed by atoms with Crippen molar-refractivity contribution in [2.24, 2.45) is 5.41 Å². The van der Waals surface area contributed by atoms with Crippen LogP contribution in [0, 0.1) is 11.2 Å². The summed E-state index contributed by atoms with van der Waals surface area (Å²) in [6.07, 6.45) is 0.974. The van der Waals surface area contributed by atoms with E-state index in [4.69, 9.17) is 16.3 Å². The SMILES string of the molecule is CCOC(=O)C1=C(C)NC2=C(C(=O)CC(C)(C)C2)[C@H]1c1cc(Cl)ccc1F. The van der Waals surface area contributed by atoms with Crippen LogP contribution in [0.2, 0.25) is 5.02 Å². The number of rotatable bonds is 3. The fourth-order valence-electron chi connectivity index (χ4n) is 3.96. The van der Waals surface area contributed by atoms with E-state index < -0.39 is 17.7 Å². The molecular weight excluding hydrogens is 369 g/mol. The Kier molecular flexibility index (Phi) is 5.17. The van der Waals surface area contributed by atoms with Crippen molar-refractivity contribution in [3.8, 4) is 0 Å². The van der Waals surface area contributed by atoms with E-state index >= 15 is 0 Å². The van der Waals surface area contributed by atoms with E-state index in [0.29, 0.717) is 29.1 Å². The summed E-state index contributed by atoms with van der Waals surface area (Å²) in [6.45, 7) is 7.68. The maximum absolute atomic E-state index is 14.8. The molecule has 1 N–H and O–H groups in total. The Hall–Kier alpha value is -2.14. The Morgan fingerprint density at radius 2 is 2.07 bits per heavy atom. The molecule has 6 heteroatoms. The van der Waals surface area contributed by atoms with E-state index in [2.05, 4.69) is 5.32 Å². The van der Waals surface area contributed by atoms with E-state index in [0.717, 1.165) is 5.70 Å². The molecule has 1 aromatic rings. The number of ketones is 1. The van der Waals surface area contributed by atoms with Gasteiger partial charge in [-0.1, -0.05) is 25.4 Å². The van der Waals surface area contributed by atoms with Gasteiger partial charge >= 0.3 is 5.97 Å². The van der Waals surface area contributed by atoms with E-state index in [1.807, 2.05) is 13.8 Å². The molecule has 27 heavy (non-hydrogen) atoms. The first-order valence-corrected chi connectivity index (χ1v) is 9.38.